The lowest BCUT2D eigenvalue weighted by Gasteiger charge is -2.20. The van der Waals surface area contributed by atoms with Crippen LogP contribution < -0.4 is 5.32 Å². The Morgan fingerprint density at radius 2 is 1.83 bits per heavy atom. The van der Waals surface area contributed by atoms with Gasteiger partial charge in [-0.1, -0.05) is 36.6 Å². The van der Waals surface area contributed by atoms with E-state index in [1.165, 1.54) is 12.8 Å². The van der Waals surface area contributed by atoms with E-state index < -0.39 is 0 Å². The van der Waals surface area contributed by atoms with Crippen molar-refractivity contribution in [2.45, 2.75) is 32.6 Å². The van der Waals surface area contributed by atoms with Gasteiger partial charge in [0, 0.05) is 18.8 Å². The molecular formula is C18H21ClN4O. The number of aromatic nitrogens is 2. The molecule has 1 N–H and O–H groups in total. The van der Waals surface area contributed by atoms with E-state index in [0.717, 1.165) is 37.3 Å². The van der Waals surface area contributed by atoms with Crippen LogP contribution in [0.2, 0.25) is 5.02 Å². The van der Waals surface area contributed by atoms with Crippen molar-refractivity contribution < 1.29 is 4.79 Å². The minimum absolute atomic E-state index is 0.0235. The molecule has 1 aromatic heterocycles. The molecule has 0 aliphatic carbocycles. The highest BCUT2D eigenvalue weighted by Gasteiger charge is 2.19. The van der Waals surface area contributed by atoms with Crippen molar-refractivity contribution >= 4 is 29.1 Å². The van der Waals surface area contributed by atoms with Gasteiger partial charge in [0.15, 0.2) is 0 Å². The molecule has 1 aromatic carbocycles. The number of benzene rings is 1. The first-order valence-electron chi connectivity index (χ1n) is 8.30. The minimum Gasteiger partial charge on any atom is -0.337 e. The molecule has 126 valence electrons. The summed E-state index contributed by atoms with van der Waals surface area (Å²) in [5, 5.41) is 3.68. The highest BCUT2D eigenvalue weighted by atomic mass is 35.5. The highest BCUT2D eigenvalue weighted by Crippen LogP contribution is 2.23. The van der Waals surface area contributed by atoms with Gasteiger partial charge in [-0.15, -0.1) is 0 Å². The maximum Gasteiger partial charge on any atom is 0.272 e. The summed E-state index contributed by atoms with van der Waals surface area (Å²) in [7, 11) is 0. The van der Waals surface area contributed by atoms with Crippen LogP contribution >= 0.6 is 11.6 Å². The van der Waals surface area contributed by atoms with Gasteiger partial charge in [0.05, 0.1) is 10.7 Å². The van der Waals surface area contributed by atoms with Gasteiger partial charge >= 0.3 is 0 Å². The predicted octanol–water partition coefficient (Wildman–Crippen LogP) is 4.20. The van der Waals surface area contributed by atoms with Crippen LogP contribution in [-0.4, -0.2) is 33.9 Å². The van der Waals surface area contributed by atoms with Crippen LogP contribution in [0.25, 0.3) is 0 Å². The molecule has 0 spiro atoms. The summed E-state index contributed by atoms with van der Waals surface area (Å²) in [6, 6.07) is 9.13. The zero-order valence-electron chi connectivity index (χ0n) is 13.8. The number of nitrogens with zero attached hydrogens (tertiary/aromatic N) is 3. The van der Waals surface area contributed by atoms with E-state index in [4.69, 9.17) is 11.6 Å². The summed E-state index contributed by atoms with van der Waals surface area (Å²) in [4.78, 5) is 23.4. The third-order valence-electron chi connectivity index (χ3n) is 4.09. The van der Waals surface area contributed by atoms with Crippen molar-refractivity contribution in [3.05, 3.63) is 46.7 Å². The van der Waals surface area contributed by atoms with Gasteiger partial charge < -0.3 is 10.2 Å². The van der Waals surface area contributed by atoms with Crippen LogP contribution in [0.3, 0.4) is 0 Å². The zero-order chi connectivity index (χ0) is 16.9. The number of halogens is 1. The first kappa shape index (κ1) is 16.7. The Labute approximate surface area is 147 Å². The van der Waals surface area contributed by atoms with Gasteiger partial charge in [0.1, 0.15) is 5.69 Å². The van der Waals surface area contributed by atoms with Crippen molar-refractivity contribution in [2.75, 3.05) is 18.4 Å². The van der Waals surface area contributed by atoms with Crippen molar-refractivity contribution in [3.63, 3.8) is 0 Å². The maximum atomic E-state index is 12.8. The molecular weight excluding hydrogens is 324 g/mol. The van der Waals surface area contributed by atoms with Crippen molar-refractivity contribution in [1.29, 1.82) is 0 Å². The van der Waals surface area contributed by atoms with E-state index >= 15 is 0 Å². The Hall–Kier alpha value is -2.14. The number of hydrogen-bond acceptors (Lipinski definition) is 4. The second kappa shape index (κ2) is 7.62. The number of carbonyl (C=O) groups is 1. The van der Waals surface area contributed by atoms with Crippen LogP contribution in [0.5, 0.6) is 0 Å². The number of hydrogen-bond donors (Lipinski definition) is 1. The van der Waals surface area contributed by atoms with Crippen molar-refractivity contribution in [3.8, 4) is 0 Å². The summed E-state index contributed by atoms with van der Waals surface area (Å²) in [6.07, 6.45) is 4.48. The van der Waals surface area contributed by atoms with E-state index in [2.05, 4.69) is 15.3 Å². The normalized spacial score (nSPS) is 15.0. The molecule has 24 heavy (non-hydrogen) atoms. The number of aryl methyl sites for hydroxylation is 1. The second-order valence-electron chi connectivity index (χ2n) is 6.03. The second-order valence-corrected chi connectivity index (χ2v) is 6.44. The molecule has 1 amide bonds. The zero-order valence-corrected chi connectivity index (χ0v) is 14.5. The Morgan fingerprint density at radius 3 is 2.54 bits per heavy atom. The fourth-order valence-electron chi connectivity index (χ4n) is 2.85. The maximum absolute atomic E-state index is 12.8. The van der Waals surface area contributed by atoms with Crippen LogP contribution in [0.1, 0.15) is 41.9 Å². The average molecular weight is 345 g/mol. The van der Waals surface area contributed by atoms with Gasteiger partial charge in [-0.3, -0.25) is 4.79 Å². The summed E-state index contributed by atoms with van der Waals surface area (Å²) >= 11 is 6.16. The Morgan fingerprint density at radius 1 is 1.12 bits per heavy atom. The topological polar surface area (TPSA) is 58.1 Å². The molecule has 0 radical (unpaired) electrons. The molecule has 5 nitrogen and oxygen atoms in total. The summed E-state index contributed by atoms with van der Waals surface area (Å²) in [5.74, 6) is 0.367. The first-order valence-corrected chi connectivity index (χ1v) is 8.68. The minimum atomic E-state index is -0.0235. The molecule has 2 aromatic rings. The van der Waals surface area contributed by atoms with Crippen LogP contribution in [0, 0.1) is 6.92 Å². The fourth-order valence-corrected chi connectivity index (χ4v) is 3.04. The molecule has 1 aliphatic rings. The molecule has 0 atom stereocenters. The van der Waals surface area contributed by atoms with E-state index in [1.807, 2.05) is 30.0 Å². The monoisotopic (exact) mass is 344 g/mol. The largest absolute Gasteiger partial charge is 0.337 e. The number of anilines is 2. The quantitative estimate of drug-likeness (QED) is 0.906. The van der Waals surface area contributed by atoms with Gasteiger partial charge in [0.25, 0.3) is 5.91 Å². The molecule has 1 fully saturated rings. The number of likely N-dealkylation sites (tertiary alicyclic amines) is 1. The summed E-state index contributed by atoms with van der Waals surface area (Å²) < 4.78 is 0. The molecule has 0 saturated carbocycles. The van der Waals surface area contributed by atoms with E-state index in [9.17, 15) is 4.79 Å². The molecule has 3 rings (SSSR count). The first-order chi connectivity index (χ1) is 11.6. The fraction of sp³-hybridized carbons (Fsp3) is 0.389. The number of nitrogens with one attached hydrogen (secondary N) is 1. The standard InChI is InChI=1S/C18H21ClN4O/c1-13-12-16(17(24)23-10-6-2-3-7-11-23)22-18(20-13)21-15-9-5-4-8-14(15)19/h4-5,8-9,12H,2-3,6-7,10-11H2,1H3,(H,20,21,22). The SMILES string of the molecule is Cc1cc(C(=O)N2CCCCCC2)nc(Nc2ccccc2Cl)n1. The third kappa shape index (κ3) is 4.03. The Balaban J connectivity index is 1.83. The summed E-state index contributed by atoms with van der Waals surface area (Å²) in [5.41, 5.74) is 1.90. The third-order valence-corrected chi connectivity index (χ3v) is 4.42. The predicted molar refractivity (Wildman–Crippen MR) is 95.9 cm³/mol. The molecule has 0 bridgehead atoms. The Kier molecular flexibility index (Phi) is 5.30. The average Bonchev–Trinajstić information content (AvgIpc) is 2.85. The van der Waals surface area contributed by atoms with Gasteiger partial charge in [-0.25, -0.2) is 9.97 Å². The van der Waals surface area contributed by atoms with Crippen molar-refractivity contribution in [2.24, 2.45) is 0 Å². The number of carbonyl (C=O) groups excluding carboxylic acids is 1. The molecule has 1 aliphatic heterocycles. The number of amides is 1. The number of para-hydroxylation sites is 1. The lowest BCUT2D eigenvalue weighted by atomic mass is 10.2. The number of rotatable bonds is 3. The lowest BCUT2D eigenvalue weighted by Crippen LogP contribution is -2.32. The van der Waals surface area contributed by atoms with Gasteiger partial charge in [-0.05, 0) is 38.0 Å². The van der Waals surface area contributed by atoms with E-state index in [-0.39, 0.29) is 5.91 Å². The smallest absolute Gasteiger partial charge is 0.272 e. The molecule has 6 heteroatoms. The van der Waals surface area contributed by atoms with Gasteiger partial charge in [0.2, 0.25) is 5.95 Å². The lowest BCUT2D eigenvalue weighted by molar-refractivity contribution is 0.0755. The Bertz CT molecular complexity index is 727. The van der Waals surface area contributed by atoms with Crippen LogP contribution in [-0.2, 0) is 0 Å². The highest BCUT2D eigenvalue weighted by molar-refractivity contribution is 6.33. The molecule has 1 saturated heterocycles. The molecule has 2 heterocycles. The van der Waals surface area contributed by atoms with E-state index in [0.29, 0.717) is 16.7 Å². The molecule has 0 unspecified atom stereocenters. The summed E-state index contributed by atoms with van der Waals surface area (Å²) in [6.45, 7) is 3.46. The van der Waals surface area contributed by atoms with Crippen molar-refractivity contribution in [1.82, 2.24) is 14.9 Å². The van der Waals surface area contributed by atoms with Gasteiger partial charge in [-0.2, -0.15) is 0 Å². The van der Waals surface area contributed by atoms with Crippen LogP contribution in [0.15, 0.2) is 30.3 Å². The van der Waals surface area contributed by atoms with E-state index in [1.54, 1.807) is 12.1 Å². The van der Waals surface area contributed by atoms with Crippen LogP contribution in [0.4, 0.5) is 11.6 Å².